The Kier molecular flexibility index (Phi) is 3.77. The topological polar surface area (TPSA) is 32.7 Å². The number of aryl methyl sites for hydroxylation is 1. The lowest BCUT2D eigenvalue weighted by molar-refractivity contribution is -0.121. The van der Waals surface area contributed by atoms with Crippen LogP contribution in [0.25, 0.3) is 0 Å². The maximum atomic E-state index is 11.8. The monoisotopic (exact) mass is 303 g/mol. The van der Waals surface area contributed by atoms with Crippen LogP contribution in [0.15, 0.2) is 18.2 Å². The van der Waals surface area contributed by atoms with Crippen molar-refractivity contribution < 1.29 is 9.84 Å². The number of ether oxygens (including phenoxy) is 1. The molecule has 4 atom stereocenters. The number of benzene rings is 1. The molecule has 2 aliphatic rings. The molecule has 3 nitrogen and oxygen atoms in total. The molecule has 0 spiro atoms. The van der Waals surface area contributed by atoms with Crippen LogP contribution >= 0.6 is 0 Å². The van der Waals surface area contributed by atoms with Gasteiger partial charge in [0, 0.05) is 6.04 Å². The van der Waals surface area contributed by atoms with Gasteiger partial charge in [-0.2, -0.15) is 0 Å². The maximum absolute atomic E-state index is 11.8. The summed E-state index contributed by atoms with van der Waals surface area (Å²) in [6.45, 7) is 4.42. The highest BCUT2D eigenvalue weighted by molar-refractivity contribution is 5.39. The number of aliphatic hydroxyl groups is 1. The molecule has 3 rings (SSSR count). The van der Waals surface area contributed by atoms with Crippen LogP contribution in [0.4, 0.5) is 0 Å². The summed E-state index contributed by atoms with van der Waals surface area (Å²) in [6.07, 6.45) is 4.55. The minimum Gasteiger partial charge on any atom is -0.497 e. The molecule has 2 fully saturated rings. The van der Waals surface area contributed by atoms with Gasteiger partial charge in [-0.3, -0.25) is 0 Å². The molecule has 3 heteroatoms. The van der Waals surface area contributed by atoms with E-state index in [9.17, 15) is 5.11 Å². The Morgan fingerprint density at radius 2 is 1.95 bits per heavy atom. The second-order valence-electron chi connectivity index (χ2n) is 8.00. The van der Waals surface area contributed by atoms with Gasteiger partial charge in [-0.05, 0) is 81.3 Å². The third kappa shape index (κ3) is 2.35. The zero-order chi connectivity index (χ0) is 16.1. The molecule has 122 valence electrons. The molecule has 0 aromatic heterocycles. The molecule has 2 saturated carbocycles. The van der Waals surface area contributed by atoms with Crippen molar-refractivity contribution in [1.82, 2.24) is 4.90 Å². The first-order valence-electron chi connectivity index (χ1n) is 8.33. The smallest absolute Gasteiger partial charge is 0.119 e. The summed E-state index contributed by atoms with van der Waals surface area (Å²) < 4.78 is 5.44. The summed E-state index contributed by atoms with van der Waals surface area (Å²) in [6, 6.07) is 6.33. The van der Waals surface area contributed by atoms with Gasteiger partial charge in [0.25, 0.3) is 0 Å². The van der Waals surface area contributed by atoms with Gasteiger partial charge in [-0.15, -0.1) is 0 Å². The number of fused-ring (bicyclic) bond motifs is 2. The average Bonchev–Trinajstić information content (AvgIpc) is 2.73. The fourth-order valence-electron chi connectivity index (χ4n) is 5.39. The quantitative estimate of drug-likeness (QED) is 0.929. The summed E-state index contributed by atoms with van der Waals surface area (Å²) in [5.41, 5.74) is 1.55. The van der Waals surface area contributed by atoms with E-state index in [4.69, 9.17) is 4.74 Å². The molecule has 0 saturated heterocycles. The number of hydrogen-bond acceptors (Lipinski definition) is 3. The van der Waals surface area contributed by atoms with E-state index in [1.165, 1.54) is 19.3 Å². The van der Waals surface area contributed by atoms with Crippen molar-refractivity contribution in [3.8, 4) is 5.75 Å². The lowest BCUT2D eigenvalue weighted by atomic mass is 9.62. The highest BCUT2D eigenvalue weighted by Gasteiger charge is 2.58. The molecular weight excluding hydrogens is 274 g/mol. The van der Waals surface area contributed by atoms with Crippen LogP contribution in [0.1, 0.15) is 43.7 Å². The molecule has 4 unspecified atom stereocenters. The first-order chi connectivity index (χ1) is 10.3. The van der Waals surface area contributed by atoms with E-state index in [0.717, 1.165) is 23.3 Å². The van der Waals surface area contributed by atoms with Crippen LogP contribution in [-0.4, -0.2) is 37.3 Å². The Bertz CT molecular complexity index is 571. The SMILES string of the molecule is COc1cc(C)cc(C2(O)CC3CCC(C)(C3)C2N(C)C)c1. The number of hydrogen-bond donors (Lipinski definition) is 1. The summed E-state index contributed by atoms with van der Waals surface area (Å²) in [4.78, 5) is 2.23. The van der Waals surface area contributed by atoms with Gasteiger partial charge < -0.3 is 14.7 Å². The number of nitrogens with zero attached hydrogens (tertiary/aromatic N) is 1. The Labute approximate surface area is 134 Å². The van der Waals surface area contributed by atoms with Crippen molar-refractivity contribution in [2.24, 2.45) is 11.3 Å². The summed E-state index contributed by atoms with van der Waals surface area (Å²) in [7, 11) is 5.90. The minimum absolute atomic E-state index is 0.144. The van der Waals surface area contributed by atoms with Crippen molar-refractivity contribution in [2.75, 3.05) is 21.2 Å². The van der Waals surface area contributed by atoms with Gasteiger partial charge >= 0.3 is 0 Å². The Balaban J connectivity index is 2.11. The normalized spacial score (nSPS) is 37.6. The molecule has 0 radical (unpaired) electrons. The Morgan fingerprint density at radius 3 is 2.59 bits per heavy atom. The molecule has 0 aliphatic heterocycles. The molecule has 2 bridgehead atoms. The third-order valence-electron chi connectivity index (χ3n) is 5.89. The predicted octanol–water partition coefficient (Wildman–Crippen LogP) is 3.33. The van der Waals surface area contributed by atoms with Crippen molar-refractivity contribution in [1.29, 1.82) is 0 Å². The molecule has 1 aromatic rings. The Hall–Kier alpha value is -1.06. The van der Waals surface area contributed by atoms with E-state index < -0.39 is 5.60 Å². The lowest BCUT2D eigenvalue weighted by Crippen LogP contribution is -2.58. The van der Waals surface area contributed by atoms with Gasteiger partial charge in [0.15, 0.2) is 0 Å². The predicted molar refractivity (Wildman–Crippen MR) is 89.2 cm³/mol. The van der Waals surface area contributed by atoms with Gasteiger partial charge in [0.05, 0.1) is 7.11 Å². The minimum atomic E-state index is -0.795. The van der Waals surface area contributed by atoms with Crippen LogP contribution in [0.2, 0.25) is 0 Å². The molecule has 22 heavy (non-hydrogen) atoms. The Morgan fingerprint density at radius 1 is 1.23 bits per heavy atom. The van der Waals surface area contributed by atoms with E-state index in [2.05, 4.69) is 38.9 Å². The average molecular weight is 303 g/mol. The van der Waals surface area contributed by atoms with Crippen LogP contribution in [0.5, 0.6) is 5.75 Å². The molecular formula is C19H29NO2. The zero-order valence-corrected chi connectivity index (χ0v) is 14.5. The van der Waals surface area contributed by atoms with Crippen molar-refractivity contribution in [3.05, 3.63) is 29.3 Å². The van der Waals surface area contributed by atoms with E-state index in [1.54, 1.807) is 7.11 Å². The largest absolute Gasteiger partial charge is 0.497 e. The lowest BCUT2D eigenvalue weighted by Gasteiger charge is -2.52. The first-order valence-corrected chi connectivity index (χ1v) is 8.33. The van der Waals surface area contributed by atoms with Crippen molar-refractivity contribution in [3.63, 3.8) is 0 Å². The van der Waals surface area contributed by atoms with Crippen LogP contribution < -0.4 is 4.74 Å². The first kappa shape index (κ1) is 15.8. The fraction of sp³-hybridized carbons (Fsp3) is 0.684. The number of methoxy groups -OCH3 is 1. The summed E-state index contributed by atoms with van der Waals surface area (Å²) in [5.74, 6) is 1.47. The standard InChI is InChI=1S/C19H29NO2/c1-13-8-15(10-16(9-13)22-5)19(21)12-14-6-7-18(2,11-14)17(19)20(3)4/h8-10,14,17,21H,6-7,11-12H2,1-5H3. The van der Waals surface area contributed by atoms with E-state index in [-0.39, 0.29) is 11.5 Å². The third-order valence-corrected chi connectivity index (χ3v) is 5.89. The maximum Gasteiger partial charge on any atom is 0.119 e. The highest BCUT2D eigenvalue weighted by Crippen LogP contribution is 2.58. The number of rotatable bonds is 3. The van der Waals surface area contributed by atoms with Crippen LogP contribution in [0, 0.1) is 18.3 Å². The van der Waals surface area contributed by atoms with Gasteiger partial charge in [-0.25, -0.2) is 0 Å². The van der Waals surface area contributed by atoms with E-state index in [0.29, 0.717) is 5.92 Å². The van der Waals surface area contributed by atoms with E-state index in [1.807, 2.05) is 12.1 Å². The van der Waals surface area contributed by atoms with Gasteiger partial charge in [-0.1, -0.05) is 13.0 Å². The molecule has 0 amide bonds. The molecule has 1 aromatic carbocycles. The zero-order valence-electron chi connectivity index (χ0n) is 14.5. The van der Waals surface area contributed by atoms with Crippen LogP contribution in [-0.2, 0) is 5.60 Å². The van der Waals surface area contributed by atoms with Crippen LogP contribution in [0.3, 0.4) is 0 Å². The summed E-state index contributed by atoms with van der Waals surface area (Å²) in [5, 5.41) is 11.8. The second kappa shape index (κ2) is 5.24. The van der Waals surface area contributed by atoms with E-state index >= 15 is 0 Å². The molecule has 2 aliphatic carbocycles. The fourth-order valence-corrected chi connectivity index (χ4v) is 5.39. The van der Waals surface area contributed by atoms with Gasteiger partial charge in [0.1, 0.15) is 11.4 Å². The summed E-state index contributed by atoms with van der Waals surface area (Å²) >= 11 is 0. The second-order valence-corrected chi connectivity index (χ2v) is 8.00. The molecule has 1 N–H and O–H groups in total. The van der Waals surface area contributed by atoms with Crippen molar-refractivity contribution in [2.45, 2.75) is 51.2 Å². The van der Waals surface area contributed by atoms with Crippen molar-refractivity contribution >= 4 is 0 Å². The highest BCUT2D eigenvalue weighted by atomic mass is 16.5. The molecule has 0 heterocycles. The number of likely N-dealkylation sites (N-methyl/N-ethyl adjacent to an activating group) is 1. The van der Waals surface area contributed by atoms with Gasteiger partial charge in [0.2, 0.25) is 0 Å².